The van der Waals surface area contributed by atoms with Gasteiger partial charge < -0.3 is 10.1 Å². The van der Waals surface area contributed by atoms with E-state index >= 15 is 0 Å². The highest BCUT2D eigenvalue weighted by molar-refractivity contribution is 7.92. The van der Waals surface area contributed by atoms with Crippen LogP contribution in [-0.4, -0.2) is 27.2 Å². The molecular weight excluding hydrogens is 342 g/mol. The Morgan fingerprint density at radius 3 is 2.50 bits per heavy atom. The molecule has 2 aromatic carbocycles. The van der Waals surface area contributed by atoms with E-state index in [0.29, 0.717) is 0 Å². The van der Waals surface area contributed by atoms with Crippen LogP contribution in [-0.2, 0) is 10.0 Å². The number of halogens is 2. The monoisotopic (exact) mass is 356 g/mol. The van der Waals surface area contributed by atoms with Crippen LogP contribution in [0.2, 0.25) is 0 Å². The van der Waals surface area contributed by atoms with Crippen LogP contribution in [0.15, 0.2) is 48.5 Å². The number of alkyl halides is 2. The second-order valence-corrected chi connectivity index (χ2v) is 6.53. The third-order valence-electron chi connectivity index (χ3n) is 2.78. The maximum absolute atomic E-state index is 12.4. The molecule has 0 spiro atoms. The van der Waals surface area contributed by atoms with Crippen LogP contribution in [0.1, 0.15) is 10.4 Å². The SMILES string of the molecule is CS(=O)(=O)Nc1cccc(C(=O)Nc2ccccc2OC(F)F)c1. The Morgan fingerprint density at radius 2 is 1.83 bits per heavy atom. The Balaban J connectivity index is 2.20. The van der Waals surface area contributed by atoms with E-state index < -0.39 is 22.5 Å². The fraction of sp³-hybridized carbons (Fsp3) is 0.133. The van der Waals surface area contributed by atoms with Gasteiger partial charge in [-0.15, -0.1) is 0 Å². The molecule has 0 radical (unpaired) electrons. The number of sulfonamides is 1. The summed E-state index contributed by atoms with van der Waals surface area (Å²) in [6.45, 7) is -3.02. The molecule has 1 amide bonds. The molecule has 0 saturated carbocycles. The zero-order valence-corrected chi connectivity index (χ0v) is 13.3. The normalized spacial score (nSPS) is 11.2. The van der Waals surface area contributed by atoms with Gasteiger partial charge in [0.2, 0.25) is 10.0 Å². The van der Waals surface area contributed by atoms with Gasteiger partial charge in [-0.2, -0.15) is 8.78 Å². The molecule has 2 aromatic rings. The fourth-order valence-corrected chi connectivity index (χ4v) is 2.46. The molecular formula is C15H14F2N2O4S. The van der Waals surface area contributed by atoms with Crippen LogP contribution in [0.3, 0.4) is 0 Å². The minimum atomic E-state index is -3.48. The van der Waals surface area contributed by atoms with Gasteiger partial charge in [-0.05, 0) is 30.3 Å². The first-order valence-corrected chi connectivity index (χ1v) is 8.57. The van der Waals surface area contributed by atoms with Crippen molar-refractivity contribution in [2.75, 3.05) is 16.3 Å². The molecule has 2 rings (SSSR count). The summed E-state index contributed by atoms with van der Waals surface area (Å²) in [6, 6.07) is 11.5. The van der Waals surface area contributed by atoms with Gasteiger partial charge in [0.05, 0.1) is 11.9 Å². The highest BCUT2D eigenvalue weighted by Gasteiger charge is 2.13. The molecule has 0 aromatic heterocycles. The number of nitrogens with one attached hydrogen (secondary N) is 2. The first-order chi connectivity index (χ1) is 11.2. The minimum Gasteiger partial charge on any atom is -0.433 e. The van der Waals surface area contributed by atoms with Gasteiger partial charge >= 0.3 is 6.61 Å². The van der Waals surface area contributed by atoms with Gasteiger partial charge in [0.1, 0.15) is 5.75 Å². The molecule has 2 N–H and O–H groups in total. The topological polar surface area (TPSA) is 84.5 Å². The molecule has 0 saturated heterocycles. The average Bonchev–Trinajstić information content (AvgIpc) is 2.47. The fourth-order valence-electron chi connectivity index (χ4n) is 1.90. The van der Waals surface area contributed by atoms with E-state index in [1.54, 1.807) is 6.07 Å². The number of amides is 1. The number of carbonyl (C=O) groups excluding carboxylic acids is 1. The average molecular weight is 356 g/mol. The van der Waals surface area contributed by atoms with Crippen LogP contribution < -0.4 is 14.8 Å². The first-order valence-electron chi connectivity index (χ1n) is 6.67. The number of hydrogen-bond donors (Lipinski definition) is 2. The molecule has 0 fully saturated rings. The molecule has 0 bridgehead atoms. The third-order valence-corrected chi connectivity index (χ3v) is 3.39. The molecule has 0 aliphatic carbocycles. The van der Waals surface area contributed by atoms with E-state index in [2.05, 4.69) is 14.8 Å². The molecule has 128 valence electrons. The van der Waals surface area contributed by atoms with Gasteiger partial charge in [-0.1, -0.05) is 18.2 Å². The van der Waals surface area contributed by atoms with Crippen molar-refractivity contribution in [3.05, 3.63) is 54.1 Å². The number of hydrogen-bond acceptors (Lipinski definition) is 4. The molecule has 0 atom stereocenters. The Bertz CT molecular complexity index is 841. The van der Waals surface area contributed by atoms with Crippen molar-refractivity contribution in [2.45, 2.75) is 6.61 Å². The molecule has 6 nitrogen and oxygen atoms in total. The van der Waals surface area contributed by atoms with Crippen molar-refractivity contribution in [3.8, 4) is 5.75 Å². The summed E-state index contributed by atoms with van der Waals surface area (Å²) in [6.07, 6.45) is 0.984. The first kappa shape index (κ1) is 17.7. The van der Waals surface area contributed by atoms with E-state index in [4.69, 9.17) is 0 Å². The summed E-state index contributed by atoms with van der Waals surface area (Å²) in [7, 11) is -3.48. The molecule has 0 heterocycles. The summed E-state index contributed by atoms with van der Waals surface area (Å²) in [5.74, 6) is -0.774. The highest BCUT2D eigenvalue weighted by Crippen LogP contribution is 2.26. The van der Waals surface area contributed by atoms with Gasteiger partial charge in [0.15, 0.2) is 0 Å². The van der Waals surface area contributed by atoms with Gasteiger partial charge in [0.25, 0.3) is 5.91 Å². The molecule has 9 heteroatoms. The largest absolute Gasteiger partial charge is 0.433 e. The number of ether oxygens (including phenoxy) is 1. The maximum atomic E-state index is 12.4. The van der Waals surface area contributed by atoms with E-state index in [-0.39, 0.29) is 22.7 Å². The van der Waals surface area contributed by atoms with E-state index in [0.717, 1.165) is 6.26 Å². The van der Waals surface area contributed by atoms with Crippen molar-refractivity contribution in [1.82, 2.24) is 0 Å². The van der Waals surface area contributed by atoms with Crippen LogP contribution >= 0.6 is 0 Å². The number of anilines is 2. The van der Waals surface area contributed by atoms with Crippen LogP contribution in [0, 0.1) is 0 Å². The summed E-state index contributed by atoms with van der Waals surface area (Å²) >= 11 is 0. The second-order valence-electron chi connectivity index (χ2n) is 4.78. The summed E-state index contributed by atoms with van der Waals surface area (Å²) in [5.41, 5.74) is 0.432. The minimum absolute atomic E-state index is 0.0734. The van der Waals surface area contributed by atoms with Crippen molar-refractivity contribution in [3.63, 3.8) is 0 Å². The summed E-state index contributed by atoms with van der Waals surface area (Å²) in [4.78, 5) is 12.2. The lowest BCUT2D eigenvalue weighted by molar-refractivity contribution is -0.0493. The number of carbonyl (C=O) groups is 1. The Kier molecular flexibility index (Phi) is 5.35. The van der Waals surface area contributed by atoms with E-state index in [1.807, 2.05) is 0 Å². The smallest absolute Gasteiger partial charge is 0.387 e. The van der Waals surface area contributed by atoms with Crippen molar-refractivity contribution < 1.29 is 26.7 Å². The standard InChI is InChI=1S/C15H14F2N2O4S/c1-24(21,22)19-11-6-4-5-10(9-11)14(20)18-12-7-2-3-8-13(12)23-15(16)17/h2-9,15,19H,1H3,(H,18,20). The maximum Gasteiger partial charge on any atom is 0.387 e. The quantitative estimate of drug-likeness (QED) is 0.833. The predicted octanol–water partition coefficient (Wildman–Crippen LogP) is 2.91. The molecule has 0 unspecified atom stereocenters. The Labute approximate surface area is 137 Å². The zero-order valence-electron chi connectivity index (χ0n) is 12.5. The second kappa shape index (κ2) is 7.26. The van der Waals surface area contributed by atoms with Crippen molar-refractivity contribution in [2.24, 2.45) is 0 Å². The number of rotatable bonds is 6. The van der Waals surface area contributed by atoms with Crippen molar-refractivity contribution >= 4 is 27.3 Å². The Hall–Kier alpha value is -2.68. The summed E-state index contributed by atoms with van der Waals surface area (Å²) < 4.78 is 53.8. The van der Waals surface area contributed by atoms with Gasteiger partial charge in [0, 0.05) is 11.3 Å². The lowest BCUT2D eigenvalue weighted by atomic mass is 10.2. The third kappa shape index (κ3) is 5.20. The Morgan fingerprint density at radius 1 is 1.12 bits per heavy atom. The number of para-hydroxylation sites is 2. The van der Waals surface area contributed by atoms with Gasteiger partial charge in [-0.25, -0.2) is 8.42 Å². The van der Waals surface area contributed by atoms with E-state index in [1.165, 1.54) is 42.5 Å². The number of benzene rings is 2. The molecule has 0 aliphatic heterocycles. The summed E-state index contributed by atoms with van der Waals surface area (Å²) in [5, 5.41) is 2.45. The van der Waals surface area contributed by atoms with Crippen LogP contribution in [0.25, 0.3) is 0 Å². The van der Waals surface area contributed by atoms with Crippen LogP contribution in [0.4, 0.5) is 20.2 Å². The lowest BCUT2D eigenvalue weighted by Gasteiger charge is -2.12. The van der Waals surface area contributed by atoms with Gasteiger partial charge in [-0.3, -0.25) is 9.52 Å². The predicted molar refractivity (Wildman–Crippen MR) is 85.9 cm³/mol. The lowest BCUT2D eigenvalue weighted by Crippen LogP contribution is -2.15. The molecule has 24 heavy (non-hydrogen) atoms. The van der Waals surface area contributed by atoms with E-state index in [9.17, 15) is 22.0 Å². The van der Waals surface area contributed by atoms with Crippen LogP contribution in [0.5, 0.6) is 5.75 Å². The van der Waals surface area contributed by atoms with Crippen molar-refractivity contribution in [1.29, 1.82) is 0 Å². The molecule has 0 aliphatic rings. The zero-order chi connectivity index (χ0) is 17.7. The highest BCUT2D eigenvalue weighted by atomic mass is 32.2.